The van der Waals surface area contributed by atoms with E-state index in [-0.39, 0.29) is 0 Å². The number of hydrogen-bond donors (Lipinski definition) is 0. The van der Waals surface area contributed by atoms with E-state index in [1.807, 2.05) is 4.90 Å². The van der Waals surface area contributed by atoms with Crippen LogP contribution in [0.2, 0.25) is 5.02 Å². The van der Waals surface area contributed by atoms with Crippen LogP contribution in [0.25, 0.3) is 0 Å². The first kappa shape index (κ1) is 12.3. The van der Waals surface area contributed by atoms with E-state index in [1.54, 1.807) is 19.1 Å². The molecule has 0 amide bonds. The molecule has 0 bridgehead atoms. The lowest BCUT2D eigenvalue weighted by Gasteiger charge is -2.33. The van der Waals surface area contributed by atoms with Crippen LogP contribution in [0, 0.1) is 17.1 Å². The third kappa shape index (κ3) is 2.03. The Morgan fingerprint density at radius 2 is 2.06 bits per heavy atom. The maximum atomic E-state index is 13.9. The van der Waals surface area contributed by atoms with E-state index in [0.29, 0.717) is 10.6 Å². The molecule has 1 aromatic rings. The van der Waals surface area contributed by atoms with E-state index in [2.05, 4.69) is 6.07 Å². The summed E-state index contributed by atoms with van der Waals surface area (Å²) < 4.78 is 13.9. The van der Waals surface area contributed by atoms with Gasteiger partial charge in [-0.3, -0.25) is 4.90 Å². The van der Waals surface area contributed by atoms with E-state index < -0.39 is 11.4 Å². The van der Waals surface area contributed by atoms with E-state index in [0.717, 1.165) is 25.9 Å². The molecule has 1 unspecified atom stereocenters. The molecule has 0 radical (unpaired) electrons. The summed E-state index contributed by atoms with van der Waals surface area (Å²) in [6.45, 7) is 3.37. The van der Waals surface area contributed by atoms with Crippen molar-refractivity contribution in [2.75, 3.05) is 13.1 Å². The summed E-state index contributed by atoms with van der Waals surface area (Å²) >= 11 is 6.05. The Morgan fingerprint density at radius 1 is 1.41 bits per heavy atom. The van der Waals surface area contributed by atoms with E-state index in [9.17, 15) is 9.65 Å². The number of hydrogen-bond acceptors (Lipinski definition) is 2. The third-order valence-electron chi connectivity index (χ3n) is 3.41. The van der Waals surface area contributed by atoms with Crippen LogP contribution < -0.4 is 0 Å². The van der Waals surface area contributed by atoms with Gasteiger partial charge in [0, 0.05) is 10.6 Å². The molecular weight excluding hydrogens is 239 g/mol. The van der Waals surface area contributed by atoms with Crippen molar-refractivity contribution in [3.63, 3.8) is 0 Å². The molecule has 0 saturated carbocycles. The van der Waals surface area contributed by atoms with Crippen molar-refractivity contribution in [3.8, 4) is 6.07 Å². The highest BCUT2D eigenvalue weighted by molar-refractivity contribution is 6.31. The zero-order chi connectivity index (χ0) is 12.5. The average Bonchev–Trinajstić information content (AvgIpc) is 2.82. The molecule has 0 aromatic heterocycles. The molecule has 1 aliphatic rings. The Hall–Kier alpha value is -1.11. The van der Waals surface area contributed by atoms with Crippen molar-refractivity contribution in [1.82, 2.24) is 4.90 Å². The number of nitrogens with zero attached hydrogens (tertiary/aromatic N) is 2. The lowest BCUT2D eigenvalue weighted by atomic mass is 9.91. The van der Waals surface area contributed by atoms with Gasteiger partial charge < -0.3 is 0 Å². The highest BCUT2D eigenvalue weighted by Gasteiger charge is 2.39. The van der Waals surface area contributed by atoms with Gasteiger partial charge in [0.1, 0.15) is 11.4 Å². The Morgan fingerprint density at radius 3 is 2.59 bits per heavy atom. The zero-order valence-corrected chi connectivity index (χ0v) is 10.5. The predicted molar refractivity (Wildman–Crippen MR) is 65.2 cm³/mol. The van der Waals surface area contributed by atoms with Crippen molar-refractivity contribution in [1.29, 1.82) is 5.26 Å². The number of halogens is 2. The lowest BCUT2D eigenvalue weighted by molar-refractivity contribution is 0.188. The zero-order valence-electron chi connectivity index (χ0n) is 9.71. The highest BCUT2D eigenvalue weighted by Crippen LogP contribution is 2.36. The van der Waals surface area contributed by atoms with Crippen LogP contribution in [-0.2, 0) is 5.54 Å². The number of rotatable bonds is 2. The van der Waals surface area contributed by atoms with Gasteiger partial charge in [-0.05, 0) is 45.0 Å². The minimum Gasteiger partial charge on any atom is -0.282 e. The first-order valence-electron chi connectivity index (χ1n) is 5.70. The molecular formula is C13H14ClFN2. The summed E-state index contributed by atoms with van der Waals surface area (Å²) in [6, 6.07) is 6.76. The summed E-state index contributed by atoms with van der Waals surface area (Å²) in [7, 11) is 0. The molecule has 2 rings (SSSR count). The van der Waals surface area contributed by atoms with Gasteiger partial charge in [0.25, 0.3) is 0 Å². The number of benzene rings is 1. The molecule has 4 heteroatoms. The lowest BCUT2D eigenvalue weighted by Crippen LogP contribution is -2.41. The highest BCUT2D eigenvalue weighted by atomic mass is 35.5. The summed E-state index contributed by atoms with van der Waals surface area (Å²) in [4.78, 5) is 2.00. The summed E-state index contributed by atoms with van der Waals surface area (Å²) in [6.07, 6.45) is 2.09. The Bertz CT molecular complexity index is 443. The van der Waals surface area contributed by atoms with Crippen LogP contribution in [0.3, 0.4) is 0 Å². The fraction of sp³-hybridized carbons (Fsp3) is 0.462. The SMILES string of the molecule is CC(C#N)(c1c(F)cccc1Cl)N1CCCC1. The molecule has 0 N–H and O–H groups in total. The van der Waals surface area contributed by atoms with Crippen LogP contribution in [0.4, 0.5) is 4.39 Å². The first-order chi connectivity index (χ1) is 8.09. The Balaban J connectivity index is 2.51. The Kier molecular flexibility index (Phi) is 3.37. The standard InChI is InChI=1S/C13H14ClFN2/c1-13(9-16,17-7-2-3-8-17)12-10(14)5-4-6-11(12)15/h4-6H,2-3,7-8H2,1H3. The molecule has 1 heterocycles. The van der Waals surface area contributed by atoms with Crippen LogP contribution in [-0.4, -0.2) is 18.0 Å². The number of nitriles is 1. The summed E-state index contributed by atoms with van der Waals surface area (Å²) in [5, 5.41) is 9.75. The second-order valence-corrected chi connectivity index (χ2v) is 4.88. The molecule has 90 valence electrons. The molecule has 1 fully saturated rings. The molecule has 17 heavy (non-hydrogen) atoms. The smallest absolute Gasteiger partial charge is 0.136 e. The van der Waals surface area contributed by atoms with E-state index >= 15 is 0 Å². The fourth-order valence-electron chi connectivity index (χ4n) is 2.41. The van der Waals surface area contributed by atoms with Gasteiger partial charge >= 0.3 is 0 Å². The van der Waals surface area contributed by atoms with Gasteiger partial charge in [-0.15, -0.1) is 0 Å². The second kappa shape index (κ2) is 4.64. The molecule has 1 atom stereocenters. The number of likely N-dealkylation sites (tertiary alicyclic amines) is 1. The van der Waals surface area contributed by atoms with Crippen LogP contribution in [0.1, 0.15) is 25.3 Å². The fourth-order valence-corrected chi connectivity index (χ4v) is 2.76. The van der Waals surface area contributed by atoms with Crippen molar-refractivity contribution in [2.24, 2.45) is 0 Å². The summed E-state index contributed by atoms with van der Waals surface area (Å²) in [5.41, 5.74) is -0.676. The van der Waals surface area contributed by atoms with Gasteiger partial charge in [0.2, 0.25) is 0 Å². The third-order valence-corrected chi connectivity index (χ3v) is 3.72. The largest absolute Gasteiger partial charge is 0.282 e. The molecule has 1 aliphatic heterocycles. The minimum atomic E-state index is -0.973. The van der Waals surface area contributed by atoms with Gasteiger partial charge in [0.05, 0.1) is 6.07 Å². The van der Waals surface area contributed by atoms with Crippen LogP contribution >= 0.6 is 11.6 Å². The van der Waals surface area contributed by atoms with E-state index in [4.69, 9.17) is 11.6 Å². The van der Waals surface area contributed by atoms with Crippen molar-refractivity contribution in [2.45, 2.75) is 25.3 Å². The molecule has 0 spiro atoms. The monoisotopic (exact) mass is 252 g/mol. The first-order valence-corrected chi connectivity index (χ1v) is 6.08. The topological polar surface area (TPSA) is 27.0 Å². The van der Waals surface area contributed by atoms with Crippen molar-refractivity contribution >= 4 is 11.6 Å². The maximum absolute atomic E-state index is 13.9. The summed E-state index contributed by atoms with van der Waals surface area (Å²) in [5.74, 6) is -0.409. The van der Waals surface area contributed by atoms with Gasteiger partial charge in [-0.2, -0.15) is 5.26 Å². The normalized spacial score (nSPS) is 19.9. The maximum Gasteiger partial charge on any atom is 0.136 e. The molecule has 1 saturated heterocycles. The van der Waals surface area contributed by atoms with Gasteiger partial charge in [-0.25, -0.2) is 4.39 Å². The Labute approximate surface area is 106 Å². The minimum absolute atomic E-state index is 0.297. The van der Waals surface area contributed by atoms with Crippen LogP contribution in [0.15, 0.2) is 18.2 Å². The predicted octanol–water partition coefficient (Wildman–Crippen LogP) is 3.31. The van der Waals surface area contributed by atoms with Crippen molar-refractivity contribution in [3.05, 3.63) is 34.6 Å². The quantitative estimate of drug-likeness (QED) is 0.807. The van der Waals surface area contributed by atoms with E-state index in [1.165, 1.54) is 6.07 Å². The molecule has 0 aliphatic carbocycles. The van der Waals surface area contributed by atoms with Gasteiger partial charge in [-0.1, -0.05) is 17.7 Å². The average molecular weight is 253 g/mol. The molecule has 1 aromatic carbocycles. The van der Waals surface area contributed by atoms with Crippen LogP contribution in [0.5, 0.6) is 0 Å². The van der Waals surface area contributed by atoms with Crippen molar-refractivity contribution < 1.29 is 4.39 Å². The second-order valence-electron chi connectivity index (χ2n) is 4.47. The molecule has 2 nitrogen and oxygen atoms in total. The van der Waals surface area contributed by atoms with Gasteiger partial charge in [0.15, 0.2) is 0 Å².